The number of aromatic nitrogens is 2. The molecule has 0 aliphatic carbocycles. The second kappa shape index (κ2) is 7.84. The van der Waals surface area contributed by atoms with Crippen molar-refractivity contribution in [1.29, 1.82) is 0 Å². The van der Waals surface area contributed by atoms with Gasteiger partial charge < -0.3 is 20.9 Å². The molecule has 10 heteroatoms. The molecule has 0 aliphatic rings. The van der Waals surface area contributed by atoms with Gasteiger partial charge in [0, 0.05) is 6.54 Å². The fourth-order valence-electron chi connectivity index (χ4n) is 0.866. The van der Waals surface area contributed by atoms with E-state index in [0.29, 0.717) is 22.6 Å². The summed E-state index contributed by atoms with van der Waals surface area (Å²) >= 11 is 2.37. The van der Waals surface area contributed by atoms with Crippen molar-refractivity contribution in [3.05, 3.63) is 0 Å². The van der Waals surface area contributed by atoms with Crippen molar-refractivity contribution in [2.45, 2.75) is 4.34 Å². The van der Waals surface area contributed by atoms with Crippen LogP contribution in [0.1, 0.15) is 0 Å². The second-order valence-electron chi connectivity index (χ2n) is 3.00. The molecule has 0 aliphatic heterocycles. The summed E-state index contributed by atoms with van der Waals surface area (Å²) in [5.74, 6) is -1.46. The minimum Gasteiger partial charge on any atom is -0.481 e. The number of nitrogens with zero attached hydrogens (tertiary/aromatic N) is 2. The number of carboxylic acids is 1. The maximum atomic E-state index is 10.4. The van der Waals surface area contributed by atoms with E-state index in [1.54, 1.807) is 0 Å². The van der Waals surface area contributed by atoms with Gasteiger partial charge in [-0.1, -0.05) is 23.1 Å². The molecule has 1 rings (SSSR count). The van der Waals surface area contributed by atoms with Crippen molar-refractivity contribution in [2.75, 3.05) is 30.8 Å². The van der Waals surface area contributed by atoms with Crippen LogP contribution in [0.15, 0.2) is 4.34 Å². The summed E-state index contributed by atoms with van der Waals surface area (Å²) in [6, 6.07) is 0. The van der Waals surface area contributed by atoms with Crippen molar-refractivity contribution in [2.24, 2.45) is 5.73 Å². The lowest BCUT2D eigenvalue weighted by Crippen LogP contribution is -2.20. The fourth-order valence-corrected chi connectivity index (χ4v) is 2.36. The SMILES string of the molecule is NC(=O)COCCNc1nnc(SCC(=O)O)s1. The zero-order valence-electron chi connectivity index (χ0n) is 9.29. The smallest absolute Gasteiger partial charge is 0.313 e. The Labute approximate surface area is 111 Å². The number of rotatable bonds is 9. The summed E-state index contributed by atoms with van der Waals surface area (Å²) in [4.78, 5) is 20.7. The molecule has 1 amide bonds. The Bertz CT molecular complexity index is 412. The Hall–Kier alpha value is -1.39. The van der Waals surface area contributed by atoms with Crippen LogP contribution in [0.5, 0.6) is 0 Å². The van der Waals surface area contributed by atoms with E-state index in [9.17, 15) is 9.59 Å². The van der Waals surface area contributed by atoms with Gasteiger partial charge in [0.25, 0.3) is 0 Å². The van der Waals surface area contributed by atoms with E-state index in [2.05, 4.69) is 15.5 Å². The van der Waals surface area contributed by atoms with Gasteiger partial charge in [-0.05, 0) is 0 Å². The zero-order chi connectivity index (χ0) is 13.4. The van der Waals surface area contributed by atoms with Crippen LogP contribution in [0.3, 0.4) is 0 Å². The van der Waals surface area contributed by atoms with E-state index in [1.807, 2.05) is 0 Å². The van der Waals surface area contributed by atoms with Crippen LogP contribution in [0.2, 0.25) is 0 Å². The average Bonchev–Trinajstić information content (AvgIpc) is 2.73. The van der Waals surface area contributed by atoms with Crippen molar-refractivity contribution in [3.8, 4) is 0 Å². The standard InChI is InChI=1S/C8H12N4O4S2/c9-5(13)3-16-2-1-10-7-11-12-8(18-7)17-4-6(14)15/h1-4H2,(H2,9,13)(H,10,11)(H,14,15). The highest BCUT2D eigenvalue weighted by molar-refractivity contribution is 8.01. The molecule has 0 unspecified atom stereocenters. The summed E-state index contributed by atoms with van der Waals surface area (Å²) in [6.07, 6.45) is 0. The number of hydrogen-bond donors (Lipinski definition) is 3. The molecule has 18 heavy (non-hydrogen) atoms. The molecule has 0 spiro atoms. The Balaban J connectivity index is 2.18. The maximum Gasteiger partial charge on any atom is 0.313 e. The Kier molecular flexibility index (Phi) is 6.39. The van der Waals surface area contributed by atoms with E-state index < -0.39 is 11.9 Å². The molecule has 0 bridgehead atoms. The van der Waals surface area contributed by atoms with Crippen molar-refractivity contribution >= 4 is 40.1 Å². The molecule has 0 aromatic carbocycles. The van der Waals surface area contributed by atoms with Crippen LogP contribution in [0.25, 0.3) is 0 Å². The fraction of sp³-hybridized carbons (Fsp3) is 0.500. The summed E-state index contributed by atoms with van der Waals surface area (Å²) in [6.45, 7) is 0.670. The predicted molar refractivity (Wildman–Crippen MR) is 66.8 cm³/mol. The lowest BCUT2D eigenvalue weighted by molar-refractivity contribution is -0.134. The lowest BCUT2D eigenvalue weighted by Gasteiger charge is -2.01. The lowest BCUT2D eigenvalue weighted by atomic mass is 10.6. The van der Waals surface area contributed by atoms with Gasteiger partial charge in [-0.3, -0.25) is 9.59 Å². The summed E-state index contributed by atoms with van der Waals surface area (Å²) < 4.78 is 5.52. The summed E-state index contributed by atoms with van der Waals surface area (Å²) in [7, 11) is 0. The molecule has 0 saturated carbocycles. The molecule has 1 aromatic rings. The number of aliphatic carboxylic acids is 1. The topological polar surface area (TPSA) is 127 Å². The Morgan fingerprint density at radius 3 is 2.94 bits per heavy atom. The van der Waals surface area contributed by atoms with Crippen molar-refractivity contribution in [3.63, 3.8) is 0 Å². The number of thioether (sulfide) groups is 1. The molecule has 8 nitrogen and oxygen atoms in total. The predicted octanol–water partition coefficient (Wildman–Crippen LogP) is -0.371. The number of carboxylic acid groups (broad SMARTS) is 1. The first-order valence-electron chi connectivity index (χ1n) is 4.86. The average molecular weight is 292 g/mol. The zero-order valence-corrected chi connectivity index (χ0v) is 10.9. The largest absolute Gasteiger partial charge is 0.481 e. The molecular formula is C8H12N4O4S2. The Morgan fingerprint density at radius 2 is 2.28 bits per heavy atom. The van der Waals surface area contributed by atoms with Crippen LogP contribution < -0.4 is 11.1 Å². The maximum absolute atomic E-state index is 10.4. The number of primary amides is 1. The van der Waals surface area contributed by atoms with E-state index >= 15 is 0 Å². The van der Waals surface area contributed by atoms with Gasteiger partial charge in [0.1, 0.15) is 6.61 Å². The normalized spacial score (nSPS) is 10.2. The summed E-state index contributed by atoms with van der Waals surface area (Å²) in [5.41, 5.74) is 4.89. The molecule has 100 valence electrons. The molecule has 0 fully saturated rings. The van der Waals surface area contributed by atoms with Crippen LogP contribution in [0, 0.1) is 0 Å². The van der Waals surface area contributed by atoms with Crippen LogP contribution in [0.4, 0.5) is 5.13 Å². The van der Waals surface area contributed by atoms with Crippen LogP contribution in [-0.4, -0.2) is 52.7 Å². The van der Waals surface area contributed by atoms with E-state index in [0.717, 1.165) is 11.8 Å². The number of ether oxygens (including phenoxy) is 1. The first kappa shape index (κ1) is 14.7. The van der Waals surface area contributed by atoms with E-state index in [-0.39, 0.29) is 12.4 Å². The van der Waals surface area contributed by atoms with Crippen molar-refractivity contribution < 1.29 is 19.4 Å². The number of hydrogen-bond acceptors (Lipinski definition) is 8. The number of nitrogens with two attached hydrogens (primary N) is 1. The molecule has 0 saturated heterocycles. The number of carbonyl (C=O) groups excluding carboxylic acids is 1. The van der Waals surface area contributed by atoms with Gasteiger partial charge in [0.15, 0.2) is 4.34 Å². The third-order valence-electron chi connectivity index (χ3n) is 1.49. The molecular weight excluding hydrogens is 280 g/mol. The van der Waals surface area contributed by atoms with Gasteiger partial charge in [0.05, 0.1) is 12.4 Å². The van der Waals surface area contributed by atoms with Crippen molar-refractivity contribution in [1.82, 2.24) is 10.2 Å². The number of carbonyl (C=O) groups is 2. The second-order valence-corrected chi connectivity index (χ2v) is 5.20. The van der Waals surface area contributed by atoms with Gasteiger partial charge >= 0.3 is 5.97 Å². The summed E-state index contributed by atoms with van der Waals surface area (Å²) in [5, 5.41) is 19.6. The minimum atomic E-state index is -0.899. The van der Waals surface area contributed by atoms with Crippen LogP contribution >= 0.6 is 23.1 Å². The molecule has 1 heterocycles. The quantitative estimate of drug-likeness (QED) is 0.415. The van der Waals surface area contributed by atoms with Gasteiger partial charge in [-0.2, -0.15) is 0 Å². The molecule has 0 atom stereocenters. The number of anilines is 1. The van der Waals surface area contributed by atoms with Gasteiger partial charge in [0.2, 0.25) is 11.0 Å². The highest BCUT2D eigenvalue weighted by Gasteiger charge is 2.06. The first-order valence-corrected chi connectivity index (χ1v) is 6.66. The van der Waals surface area contributed by atoms with Gasteiger partial charge in [-0.15, -0.1) is 10.2 Å². The van der Waals surface area contributed by atoms with E-state index in [1.165, 1.54) is 11.3 Å². The minimum absolute atomic E-state index is 0.0453. The Morgan fingerprint density at radius 1 is 1.50 bits per heavy atom. The number of amides is 1. The molecule has 4 N–H and O–H groups in total. The highest BCUT2D eigenvalue weighted by atomic mass is 32.2. The van der Waals surface area contributed by atoms with Gasteiger partial charge in [-0.25, -0.2) is 0 Å². The molecule has 0 radical (unpaired) electrons. The molecule has 1 aromatic heterocycles. The monoisotopic (exact) mass is 292 g/mol. The van der Waals surface area contributed by atoms with E-state index in [4.69, 9.17) is 15.6 Å². The first-order chi connectivity index (χ1) is 8.58. The van der Waals surface area contributed by atoms with Crippen LogP contribution in [-0.2, 0) is 14.3 Å². The third kappa shape index (κ3) is 6.37. The third-order valence-corrected chi connectivity index (χ3v) is 3.49. The highest BCUT2D eigenvalue weighted by Crippen LogP contribution is 2.24. The number of nitrogens with one attached hydrogen (secondary N) is 1.